The van der Waals surface area contributed by atoms with Crippen molar-refractivity contribution in [2.24, 2.45) is 0 Å². The van der Waals surface area contributed by atoms with Crippen molar-refractivity contribution in [3.05, 3.63) is 0 Å². The van der Waals surface area contributed by atoms with Gasteiger partial charge in [0, 0.05) is 5.75 Å². The first kappa shape index (κ1) is 38.9. The maximum absolute atomic E-state index is 6.32. The average Bonchev–Trinajstić information content (AvgIpc) is 2.92. The summed E-state index contributed by atoms with van der Waals surface area (Å²) in [6.07, 6.45) is 36.5. The van der Waals surface area contributed by atoms with Gasteiger partial charge in [-0.15, -0.1) is 0 Å². The maximum Gasteiger partial charge on any atom is 0.247 e. The Hall–Kier alpha value is 0.920. The predicted octanol–water partition coefficient (Wildman–Crippen LogP) is 13.6. The van der Waals surface area contributed by atoms with Crippen molar-refractivity contribution >= 4 is 28.9 Å². The van der Waals surface area contributed by atoms with Crippen molar-refractivity contribution in [3.63, 3.8) is 0 Å². The van der Waals surface area contributed by atoms with E-state index in [4.69, 9.17) is 20.9 Å². The van der Waals surface area contributed by atoms with Gasteiger partial charge < -0.3 is 9.05 Å². The van der Waals surface area contributed by atoms with E-state index in [1.54, 1.807) is 0 Å². The van der Waals surface area contributed by atoms with Crippen LogP contribution in [-0.2, 0) is 20.9 Å². The molecule has 0 unspecified atom stereocenters. The highest BCUT2D eigenvalue weighted by Crippen LogP contribution is 2.61. The molecule has 5 heteroatoms. The zero-order chi connectivity index (χ0) is 27.8. The summed E-state index contributed by atoms with van der Waals surface area (Å²) in [5, 5.41) is 0. The summed E-state index contributed by atoms with van der Waals surface area (Å²) in [6.45, 7) is 8.44. The second kappa shape index (κ2) is 32.4. The smallest absolute Gasteiger partial charge is 0.247 e. The Bertz CT molecular complexity index is 423. The lowest BCUT2D eigenvalue weighted by molar-refractivity contribution is 0.249. The molecule has 0 bridgehead atoms. The van der Waals surface area contributed by atoms with Crippen LogP contribution in [0.25, 0.3) is 0 Å². The molecular weight excluding hydrogens is 523 g/mol. The van der Waals surface area contributed by atoms with Crippen LogP contribution in [0.1, 0.15) is 194 Å². The lowest BCUT2D eigenvalue weighted by atomic mass is 10.1. The van der Waals surface area contributed by atoms with E-state index in [2.05, 4.69) is 20.8 Å². The highest BCUT2D eigenvalue weighted by atomic mass is 32.9. The molecule has 0 rings (SSSR count). The van der Waals surface area contributed by atoms with Gasteiger partial charge in [-0.1, -0.05) is 186 Å². The van der Waals surface area contributed by atoms with Gasteiger partial charge in [-0.25, -0.2) is 0 Å². The Kier molecular flexibility index (Phi) is 33.2. The molecule has 0 N–H and O–H groups in total. The average molecular weight is 593 g/mol. The van der Waals surface area contributed by atoms with E-state index in [1.807, 2.05) is 11.4 Å². The first-order valence-electron chi connectivity index (χ1n) is 17.2. The maximum atomic E-state index is 6.32. The van der Waals surface area contributed by atoms with Crippen LogP contribution >= 0.6 is 17.1 Å². The van der Waals surface area contributed by atoms with Gasteiger partial charge in [-0.3, -0.25) is 0 Å². The summed E-state index contributed by atoms with van der Waals surface area (Å²) >= 11 is 7.85. The molecule has 0 aliphatic heterocycles. The zero-order valence-corrected chi connectivity index (χ0v) is 28.8. The Morgan fingerprint density at radius 3 is 0.974 bits per heavy atom. The molecule has 0 aromatic carbocycles. The topological polar surface area (TPSA) is 18.5 Å². The molecule has 0 aromatic heterocycles. The van der Waals surface area contributed by atoms with Gasteiger partial charge in [-0.2, -0.15) is 0 Å². The molecular formula is C33H69O2PS2. The summed E-state index contributed by atoms with van der Waals surface area (Å²) in [4.78, 5) is 0. The van der Waals surface area contributed by atoms with Crippen molar-refractivity contribution in [2.75, 3.05) is 19.0 Å². The van der Waals surface area contributed by atoms with Crippen LogP contribution in [0.2, 0.25) is 0 Å². The Morgan fingerprint density at radius 2 is 0.658 bits per heavy atom. The molecule has 0 spiro atoms. The van der Waals surface area contributed by atoms with E-state index in [0.717, 1.165) is 31.8 Å². The molecule has 38 heavy (non-hydrogen) atoms. The van der Waals surface area contributed by atoms with Crippen LogP contribution in [-0.4, -0.2) is 19.0 Å². The molecule has 230 valence electrons. The van der Waals surface area contributed by atoms with Crippen LogP contribution in [0.15, 0.2) is 0 Å². The van der Waals surface area contributed by atoms with Gasteiger partial charge in [0.15, 0.2) is 0 Å². The summed E-state index contributed by atoms with van der Waals surface area (Å²) < 4.78 is 12.6. The van der Waals surface area contributed by atoms with E-state index in [0.29, 0.717) is 0 Å². The third-order valence-electron chi connectivity index (χ3n) is 7.49. The Labute approximate surface area is 250 Å². The van der Waals surface area contributed by atoms with Crippen molar-refractivity contribution in [3.8, 4) is 0 Å². The third-order valence-corrected chi connectivity index (χ3v) is 13.0. The molecule has 0 atom stereocenters. The fourth-order valence-corrected chi connectivity index (χ4v) is 9.44. The molecule has 0 aliphatic carbocycles. The standard InChI is InChI=1S/C33H69O2PS2/c1-4-7-10-13-16-19-22-25-28-31-34-36(37,35-32-29-26-23-20-17-14-11-8-5-2)38-33-30-27-24-21-18-15-12-9-6-3/h4-33H2,1-3H3. The minimum Gasteiger partial charge on any atom is -0.322 e. The monoisotopic (exact) mass is 592 g/mol. The van der Waals surface area contributed by atoms with Crippen molar-refractivity contribution in [1.29, 1.82) is 0 Å². The van der Waals surface area contributed by atoms with E-state index >= 15 is 0 Å². The number of hydrogen-bond acceptors (Lipinski definition) is 4. The number of hydrogen-bond donors (Lipinski definition) is 0. The van der Waals surface area contributed by atoms with Gasteiger partial charge in [0.05, 0.1) is 13.2 Å². The summed E-state index contributed by atoms with van der Waals surface area (Å²) in [5.74, 6) is 1.10. The summed E-state index contributed by atoms with van der Waals surface area (Å²) in [5.41, 5.74) is -2.19. The zero-order valence-electron chi connectivity index (χ0n) is 26.3. The first-order valence-corrected chi connectivity index (χ1v) is 21.4. The normalized spacial score (nSPS) is 12.0. The van der Waals surface area contributed by atoms with Crippen LogP contribution in [0.4, 0.5) is 0 Å². The minimum absolute atomic E-state index is 0.787. The van der Waals surface area contributed by atoms with E-state index in [9.17, 15) is 0 Å². The predicted molar refractivity (Wildman–Crippen MR) is 180 cm³/mol. The van der Waals surface area contributed by atoms with E-state index in [1.165, 1.54) is 161 Å². The van der Waals surface area contributed by atoms with Gasteiger partial charge in [0.2, 0.25) is 5.69 Å². The van der Waals surface area contributed by atoms with Crippen LogP contribution in [0.3, 0.4) is 0 Å². The Balaban J connectivity index is 4.07. The second-order valence-electron chi connectivity index (χ2n) is 11.4. The quantitative estimate of drug-likeness (QED) is 0.0557. The Morgan fingerprint density at radius 1 is 0.395 bits per heavy atom. The molecule has 0 aliphatic rings. The van der Waals surface area contributed by atoms with Gasteiger partial charge in [0.25, 0.3) is 0 Å². The van der Waals surface area contributed by atoms with Crippen molar-refractivity contribution in [1.82, 2.24) is 0 Å². The van der Waals surface area contributed by atoms with Crippen LogP contribution in [0.5, 0.6) is 0 Å². The second-order valence-corrected chi connectivity index (χ2v) is 17.9. The van der Waals surface area contributed by atoms with E-state index < -0.39 is 5.69 Å². The van der Waals surface area contributed by atoms with Gasteiger partial charge in [0.1, 0.15) is 0 Å². The summed E-state index contributed by atoms with van der Waals surface area (Å²) in [6, 6.07) is 0. The molecule has 0 aromatic rings. The molecule has 0 saturated heterocycles. The number of unbranched alkanes of at least 4 members (excludes halogenated alkanes) is 24. The summed E-state index contributed by atoms with van der Waals surface area (Å²) in [7, 11) is 0. The van der Waals surface area contributed by atoms with Gasteiger partial charge in [-0.05, 0) is 31.1 Å². The van der Waals surface area contributed by atoms with Crippen LogP contribution in [0, 0.1) is 0 Å². The highest BCUT2D eigenvalue weighted by molar-refractivity contribution is 8.67. The third kappa shape index (κ3) is 29.9. The molecule has 0 saturated carbocycles. The van der Waals surface area contributed by atoms with Crippen molar-refractivity contribution in [2.45, 2.75) is 194 Å². The fraction of sp³-hybridized carbons (Fsp3) is 1.00. The van der Waals surface area contributed by atoms with Crippen molar-refractivity contribution < 1.29 is 9.05 Å². The SMILES string of the molecule is CCCCCCCCCCCOP(=S)(OCCCCCCCCCCC)SCCCCCCCCCCC. The molecule has 0 radical (unpaired) electrons. The molecule has 0 fully saturated rings. The highest BCUT2D eigenvalue weighted by Gasteiger charge is 2.19. The van der Waals surface area contributed by atoms with Gasteiger partial charge >= 0.3 is 0 Å². The lowest BCUT2D eigenvalue weighted by Gasteiger charge is -2.21. The molecule has 0 amide bonds. The first-order chi connectivity index (χ1) is 18.7. The number of rotatable bonds is 33. The van der Waals surface area contributed by atoms with Crippen LogP contribution < -0.4 is 0 Å². The van der Waals surface area contributed by atoms with E-state index in [-0.39, 0.29) is 0 Å². The molecule has 0 heterocycles. The fourth-order valence-electron chi connectivity index (χ4n) is 4.88. The largest absolute Gasteiger partial charge is 0.322 e. The molecule has 2 nitrogen and oxygen atoms in total. The lowest BCUT2D eigenvalue weighted by Crippen LogP contribution is -1.98. The minimum atomic E-state index is -2.19.